The van der Waals surface area contributed by atoms with Gasteiger partial charge in [0.05, 0.1) is 12.2 Å². The fourth-order valence-electron chi connectivity index (χ4n) is 5.59. The molecule has 0 amide bonds. The van der Waals surface area contributed by atoms with E-state index in [1.54, 1.807) is 0 Å². The third-order valence-corrected chi connectivity index (χ3v) is 6.46. The minimum Gasteiger partial charge on any atom is -0.344 e. The van der Waals surface area contributed by atoms with Crippen molar-refractivity contribution in [3.8, 4) is 0 Å². The van der Waals surface area contributed by atoms with E-state index in [4.69, 9.17) is 14.2 Å². The van der Waals surface area contributed by atoms with Crippen molar-refractivity contribution in [3.63, 3.8) is 0 Å². The van der Waals surface area contributed by atoms with Gasteiger partial charge in [-0.15, -0.1) is 0 Å². The van der Waals surface area contributed by atoms with E-state index < -0.39 is 0 Å². The summed E-state index contributed by atoms with van der Waals surface area (Å²) in [5, 5.41) is 0. The Kier molecular flexibility index (Phi) is 2.78. The average Bonchev–Trinajstić information content (AvgIpc) is 3.28. The summed E-state index contributed by atoms with van der Waals surface area (Å²) < 4.78 is 18.9. The summed E-state index contributed by atoms with van der Waals surface area (Å²) in [6, 6.07) is 21.3. The molecule has 3 heteroatoms. The van der Waals surface area contributed by atoms with Crippen molar-refractivity contribution in [2.45, 2.75) is 31.2 Å². The average molecular weight is 320 g/mol. The quantitative estimate of drug-likeness (QED) is 0.834. The van der Waals surface area contributed by atoms with Crippen LogP contribution in [0.15, 0.2) is 60.7 Å². The molecule has 0 aromatic heterocycles. The molecule has 2 aromatic rings. The van der Waals surface area contributed by atoms with E-state index in [9.17, 15) is 0 Å². The van der Waals surface area contributed by atoms with Crippen LogP contribution in [0, 0.1) is 23.7 Å². The van der Waals surface area contributed by atoms with E-state index in [0.717, 1.165) is 0 Å². The minimum absolute atomic E-state index is 0.0943. The Bertz CT molecular complexity index is 683. The van der Waals surface area contributed by atoms with Crippen LogP contribution >= 0.6 is 0 Å². The molecule has 3 nitrogen and oxygen atoms in total. The highest BCUT2D eigenvalue weighted by molar-refractivity contribution is 5.26. The monoisotopic (exact) mass is 320 g/mol. The zero-order valence-corrected chi connectivity index (χ0v) is 13.3. The van der Waals surface area contributed by atoms with Gasteiger partial charge in [0.25, 0.3) is 0 Å². The maximum atomic E-state index is 6.36. The molecule has 2 aromatic carbocycles. The second kappa shape index (κ2) is 4.92. The SMILES string of the molecule is c1ccc([C@H]2O[C@@H]3O[C@@H]4O[C@@H](c5ccccc5)[C@H]5[C@@H]4C[C@@H]3[C@H]52)cc1. The molecule has 0 unspecified atom stereocenters. The van der Waals surface area contributed by atoms with Gasteiger partial charge in [0.2, 0.25) is 0 Å². The van der Waals surface area contributed by atoms with Gasteiger partial charge in [-0.1, -0.05) is 60.7 Å². The van der Waals surface area contributed by atoms with Crippen LogP contribution in [-0.4, -0.2) is 12.6 Å². The topological polar surface area (TPSA) is 27.7 Å². The van der Waals surface area contributed by atoms with Crippen molar-refractivity contribution in [1.82, 2.24) is 0 Å². The highest BCUT2D eigenvalue weighted by Gasteiger charge is 2.67. The molecule has 1 saturated carbocycles. The van der Waals surface area contributed by atoms with Gasteiger partial charge in [-0.2, -0.15) is 0 Å². The molecule has 3 aliphatic heterocycles. The Morgan fingerprint density at radius 3 is 1.50 bits per heavy atom. The van der Waals surface area contributed by atoms with Gasteiger partial charge in [-0.05, 0) is 17.5 Å². The smallest absolute Gasteiger partial charge is 0.164 e. The predicted molar refractivity (Wildman–Crippen MR) is 87.8 cm³/mol. The van der Waals surface area contributed by atoms with Crippen molar-refractivity contribution in [1.29, 1.82) is 0 Å². The summed E-state index contributed by atoms with van der Waals surface area (Å²) in [5.74, 6) is 1.99. The Morgan fingerprint density at radius 2 is 1.04 bits per heavy atom. The molecule has 0 spiro atoms. The summed E-state index contributed by atoms with van der Waals surface area (Å²) >= 11 is 0. The van der Waals surface area contributed by atoms with Crippen molar-refractivity contribution in [3.05, 3.63) is 71.8 Å². The van der Waals surface area contributed by atoms with Crippen molar-refractivity contribution < 1.29 is 14.2 Å². The summed E-state index contributed by atoms with van der Waals surface area (Å²) in [6.45, 7) is 0. The Morgan fingerprint density at radius 1 is 0.583 bits per heavy atom. The second-order valence-electron chi connectivity index (χ2n) is 7.53. The molecule has 4 fully saturated rings. The van der Waals surface area contributed by atoms with Crippen LogP contribution in [0.4, 0.5) is 0 Å². The van der Waals surface area contributed by atoms with E-state index in [1.807, 2.05) is 0 Å². The highest BCUT2D eigenvalue weighted by Crippen LogP contribution is 2.67. The normalized spacial score (nSPS) is 44.8. The number of fused-ring (bicyclic) bond motifs is 1. The summed E-state index contributed by atoms with van der Waals surface area (Å²) in [4.78, 5) is 0. The van der Waals surface area contributed by atoms with E-state index >= 15 is 0 Å². The molecule has 0 N–H and O–H groups in total. The lowest BCUT2D eigenvalue weighted by molar-refractivity contribution is -0.274. The molecule has 8 atom stereocenters. The molecule has 4 aliphatic rings. The summed E-state index contributed by atoms with van der Waals surface area (Å²) in [5.41, 5.74) is 2.55. The lowest BCUT2D eigenvalue weighted by atomic mass is 9.78. The number of hydrogen-bond acceptors (Lipinski definition) is 3. The van der Waals surface area contributed by atoms with Crippen LogP contribution in [0.1, 0.15) is 29.8 Å². The van der Waals surface area contributed by atoms with Gasteiger partial charge in [0.15, 0.2) is 12.6 Å². The first-order valence-corrected chi connectivity index (χ1v) is 8.96. The van der Waals surface area contributed by atoms with Crippen molar-refractivity contribution >= 4 is 0 Å². The first-order chi connectivity index (χ1) is 11.9. The fraction of sp³-hybridized carbons (Fsp3) is 0.429. The molecular formula is C21H20O3. The lowest BCUT2D eigenvalue weighted by Crippen LogP contribution is -2.35. The number of rotatable bonds is 2. The summed E-state index contributed by atoms with van der Waals surface area (Å²) in [6.07, 6.45) is 1.25. The van der Waals surface area contributed by atoms with Gasteiger partial charge < -0.3 is 14.2 Å². The summed E-state index contributed by atoms with van der Waals surface area (Å²) in [7, 11) is 0. The molecule has 6 rings (SSSR count). The van der Waals surface area contributed by atoms with Crippen molar-refractivity contribution in [2.24, 2.45) is 23.7 Å². The second-order valence-corrected chi connectivity index (χ2v) is 7.53. The Balaban J connectivity index is 1.43. The zero-order chi connectivity index (χ0) is 15.7. The van der Waals surface area contributed by atoms with E-state index in [2.05, 4.69) is 60.7 Å². The number of ether oxygens (including phenoxy) is 3. The van der Waals surface area contributed by atoms with Gasteiger partial charge in [0, 0.05) is 23.7 Å². The molecule has 24 heavy (non-hydrogen) atoms. The van der Waals surface area contributed by atoms with E-state index in [1.165, 1.54) is 17.5 Å². The molecule has 0 radical (unpaired) electrons. The van der Waals surface area contributed by atoms with Crippen molar-refractivity contribution in [2.75, 3.05) is 0 Å². The molecule has 2 bridgehead atoms. The van der Waals surface area contributed by atoms with Crippen LogP contribution in [0.2, 0.25) is 0 Å². The Labute approximate surface area is 141 Å². The molecule has 1 aliphatic carbocycles. The molecular weight excluding hydrogens is 300 g/mol. The zero-order valence-electron chi connectivity index (χ0n) is 13.3. The molecule has 122 valence electrons. The van der Waals surface area contributed by atoms with Crippen LogP contribution < -0.4 is 0 Å². The lowest BCUT2D eigenvalue weighted by Gasteiger charge is -2.30. The van der Waals surface area contributed by atoms with Crippen LogP contribution in [-0.2, 0) is 14.2 Å². The number of benzene rings is 2. The van der Waals surface area contributed by atoms with Gasteiger partial charge in [-0.3, -0.25) is 0 Å². The third kappa shape index (κ3) is 1.72. The van der Waals surface area contributed by atoms with Crippen LogP contribution in [0.5, 0.6) is 0 Å². The first kappa shape index (κ1) is 13.6. The Hall–Kier alpha value is -1.68. The van der Waals surface area contributed by atoms with Gasteiger partial charge in [-0.25, -0.2) is 0 Å². The maximum absolute atomic E-state index is 6.36. The third-order valence-electron chi connectivity index (χ3n) is 6.46. The largest absolute Gasteiger partial charge is 0.344 e. The predicted octanol–water partition coefficient (Wildman–Crippen LogP) is 4.08. The first-order valence-electron chi connectivity index (χ1n) is 8.96. The van der Waals surface area contributed by atoms with E-state index in [0.29, 0.717) is 23.7 Å². The van der Waals surface area contributed by atoms with Crippen LogP contribution in [0.3, 0.4) is 0 Å². The molecule has 3 saturated heterocycles. The fourth-order valence-corrected chi connectivity index (χ4v) is 5.59. The highest BCUT2D eigenvalue weighted by atomic mass is 16.8. The van der Waals surface area contributed by atoms with Crippen LogP contribution in [0.25, 0.3) is 0 Å². The number of hydrogen-bond donors (Lipinski definition) is 0. The minimum atomic E-state index is -0.0943. The van der Waals surface area contributed by atoms with Gasteiger partial charge in [0.1, 0.15) is 0 Å². The van der Waals surface area contributed by atoms with E-state index in [-0.39, 0.29) is 24.8 Å². The maximum Gasteiger partial charge on any atom is 0.164 e. The standard InChI is InChI=1S/C21H20O3/c1-3-7-12(8-4-1)18-16-14-11-15-17(16)19(13-9-5-2-6-10-13)23-21(15)24-20(14)22-18/h1-10,14-21H,11H2/t14-,15+,16-,17+,18-,19+,20-,21+. The molecule has 3 heterocycles. The van der Waals surface area contributed by atoms with Gasteiger partial charge >= 0.3 is 0 Å².